The van der Waals surface area contributed by atoms with Crippen LogP contribution in [-0.4, -0.2) is 24.0 Å². The molecule has 0 bridgehead atoms. The Bertz CT molecular complexity index is 536. The van der Waals surface area contributed by atoms with Gasteiger partial charge in [-0.2, -0.15) is 0 Å². The lowest BCUT2D eigenvalue weighted by Gasteiger charge is -2.22. The molecule has 0 saturated heterocycles. The highest BCUT2D eigenvalue weighted by Gasteiger charge is 2.33. The fourth-order valence-electron chi connectivity index (χ4n) is 2.54. The van der Waals surface area contributed by atoms with Gasteiger partial charge in [0.15, 0.2) is 0 Å². The molecular formula is C17H21FN2. The highest BCUT2D eigenvalue weighted by atomic mass is 19.1. The second kappa shape index (κ2) is 5.95. The van der Waals surface area contributed by atoms with Crippen LogP contribution < -0.4 is 5.73 Å². The van der Waals surface area contributed by atoms with Crippen LogP contribution in [0.25, 0.3) is 0 Å². The van der Waals surface area contributed by atoms with E-state index in [4.69, 9.17) is 5.73 Å². The van der Waals surface area contributed by atoms with Gasteiger partial charge in [-0.05, 0) is 43.7 Å². The molecule has 106 valence electrons. The minimum atomic E-state index is -0.143. The fraction of sp³-hybridized carbons (Fsp3) is 0.529. The van der Waals surface area contributed by atoms with Crippen molar-refractivity contribution >= 4 is 0 Å². The van der Waals surface area contributed by atoms with Crippen molar-refractivity contribution < 1.29 is 4.39 Å². The van der Waals surface area contributed by atoms with Crippen molar-refractivity contribution in [2.45, 2.75) is 38.3 Å². The van der Waals surface area contributed by atoms with Gasteiger partial charge >= 0.3 is 0 Å². The number of nitrogens with two attached hydrogens (primary N) is 1. The number of rotatable bonds is 5. The van der Waals surface area contributed by atoms with Crippen molar-refractivity contribution in [3.63, 3.8) is 0 Å². The Morgan fingerprint density at radius 1 is 1.25 bits per heavy atom. The third kappa shape index (κ3) is 3.59. The van der Waals surface area contributed by atoms with Crippen molar-refractivity contribution in [1.29, 1.82) is 0 Å². The Balaban J connectivity index is 1.68. The summed E-state index contributed by atoms with van der Waals surface area (Å²) in [6.07, 6.45) is 5.24. The summed E-state index contributed by atoms with van der Waals surface area (Å²) in [5, 5.41) is 0. The second-order valence-electron chi connectivity index (χ2n) is 5.92. The van der Waals surface area contributed by atoms with Crippen molar-refractivity contribution in [3.8, 4) is 11.8 Å². The zero-order chi connectivity index (χ0) is 13.9. The van der Waals surface area contributed by atoms with Gasteiger partial charge in [-0.1, -0.05) is 17.9 Å². The van der Waals surface area contributed by atoms with Crippen LogP contribution in [0.1, 0.15) is 36.8 Å². The molecule has 0 radical (unpaired) electrons. The number of benzene rings is 1. The smallest absolute Gasteiger partial charge is 0.128 e. The first-order valence-corrected chi connectivity index (χ1v) is 7.47. The van der Waals surface area contributed by atoms with E-state index >= 15 is 0 Å². The Morgan fingerprint density at radius 3 is 2.65 bits per heavy atom. The Kier molecular flexibility index (Phi) is 4.05. The standard InChI is InChI=1S/C17H21FN2/c18-17-10-13(2-1-9-19)5-6-15(17)12-20(16-7-8-16)11-14-3-4-14/h5-6,10,14,16H,3-4,7-9,11-12,19H2. The van der Waals surface area contributed by atoms with Crippen LogP contribution in [0, 0.1) is 23.6 Å². The first-order valence-electron chi connectivity index (χ1n) is 7.47. The van der Waals surface area contributed by atoms with Crippen LogP contribution >= 0.6 is 0 Å². The maximum Gasteiger partial charge on any atom is 0.128 e. The normalized spacial score (nSPS) is 17.9. The highest BCUT2D eigenvalue weighted by Crippen LogP contribution is 2.35. The van der Waals surface area contributed by atoms with E-state index in [1.807, 2.05) is 12.1 Å². The summed E-state index contributed by atoms with van der Waals surface area (Å²) in [6, 6.07) is 5.98. The predicted octanol–water partition coefficient (Wildman–Crippen LogP) is 2.51. The number of hydrogen-bond acceptors (Lipinski definition) is 2. The van der Waals surface area contributed by atoms with E-state index in [0.717, 1.165) is 24.6 Å². The quantitative estimate of drug-likeness (QED) is 0.835. The molecule has 0 heterocycles. The fourth-order valence-corrected chi connectivity index (χ4v) is 2.54. The molecule has 1 aromatic carbocycles. The SMILES string of the molecule is NCC#Cc1ccc(CN(CC2CC2)C2CC2)c(F)c1. The van der Waals surface area contributed by atoms with E-state index in [2.05, 4.69) is 16.7 Å². The van der Waals surface area contributed by atoms with Gasteiger partial charge in [0, 0.05) is 30.3 Å². The number of nitrogens with zero attached hydrogens (tertiary/aromatic N) is 1. The molecule has 0 unspecified atom stereocenters. The average molecular weight is 272 g/mol. The molecule has 0 spiro atoms. The van der Waals surface area contributed by atoms with Gasteiger partial charge in [0.25, 0.3) is 0 Å². The molecule has 20 heavy (non-hydrogen) atoms. The molecule has 0 atom stereocenters. The summed E-state index contributed by atoms with van der Waals surface area (Å²) in [5.74, 6) is 6.34. The van der Waals surface area contributed by atoms with Crippen LogP contribution in [0.4, 0.5) is 4.39 Å². The second-order valence-corrected chi connectivity index (χ2v) is 5.92. The molecule has 3 rings (SSSR count). The highest BCUT2D eigenvalue weighted by molar-refractivity contribution is 5.37. The van der Waals surface area contributed by atoms with Crippen molar-refractivity contribution in [2.75, 3.05) is 13.1 Å². The van der Waals surface area contributed by atoms with Gasteiger partial charge in [0.1, 0.15) is 5.82 Å². The summed E-state index contributed by atoms with van der Waals surface area (Å²) in [5.41, 5.74) is 6.82. The van der Waals surface area contributed by atoms with Crippen LogP contribution in [0.2, 0.25) is 0 Å². The van der Waals surface area contributed by atoms with Gasteiger partial charge < -0.3 is 5.73 Å². The Hall–Kier alpha value is -1.37. The van der Waals surface area contributed by atoms with E-state index in [-0.39, 0.29) is 5.82 Å². The average Bonchev–Trinajstić information content (AvgIpc) is 3.30. The van der Waals surface area contributed by atoms with Crippen LogP contribution in [0.15, 0.2) is 18.2 Å². The number of halogens is 1. The molecule has 0 amide bonds. The van der Waals surface area contributed by atoms with Gasteiger partial charge in [-0.25, -0.2) is 4.39 Å². The third-order valence-electron chi connectivity index (χ3n) is 4.01. The maximum absolute atomic E-state index is 14.1. The van der Waals surface area contributed by atoms with Gasteiger partial charge in [-0.3, -0.25) is 4.90 Å². The molecule has 0 aliphatic heterocycles. The molecule has 2 aliphatic carbocycles. The lowest BCUT2D eigenvalue weighted by atomic mass is 10.1. The van der Waals surface area contributed by atoms with Crippen molar-refractivity contribution in [2.24, 2.45) is 11.7 Å². The van der Waals surface area contributed by atoms with E-state index in [9.17, 15) is 4.39 Å². The lowest BCUT2D eigenvalue weighted by Crippen LogP contribution is -2.28. The van der Waals surface area contributed by atoms with Crippen molar-refractivity contribution in [1.82, 2.24) is 4.90 Å². The summed E-state index contributed by atoms with van der Waals surface area (Å²) in [4.78, 5) is 2.46. The molecule has 2 saturated carbocycles. The van der Waals surface area contributed by atoms with Gasteiger partial charge in [0.2, 0.25) is 0 Å². The van der Waals surface area contributed by atoms with Crippen LogP contribution in [-0.2, 0) is 6.54 Å². The van der Waals surface area contributed by atoms with Gasteiger partial charge in [0.05, 0.1) is 6.54 Å². The zero-order valence-electron chi connectivity index (χ0n) is 11.7. The molecule has 2 fully saturated rings. The van der Waals surface area contributed by atoms with E-state index in [1.165, 1.54) is 31.7 Å². The largest absolute Gasteiger partial charge is 0.320 e. The molecule has 3 heteroatoms. The third-order valence-corrected chi connectivity index (χ3v) is 4.01. The molecule has 2 N–H and O–H groups in total. The number of hydrogen-bond donors (Lipinski definition) is 1. The molecule has 2 aliphatic rings. The first kappa shape index (κ1) is 13.6. The van der Waals surface area contributed by atoms with E-state index in [1.54, 1.807) is 0 Å². The molecular weight excluding hydrogens is 251 g/mol. The van der Waals surface area contributed by atoms with Crippen molar-refractivity contribution in [3.05, 3.63) is 35.1 Å². The minimum Gasteiger partial charge on any atom is -0.320 e. The monoisotopic (exact) mass is 272 g/mol. The zero-order valence-corrected chi connectivity index (χ0v) is 11.7. The van der Waals surface area contributed by atoms with E-state index in [0.29, 0.717) is 18.2 Å². The summed E-state index contributed by atoms with van der Waals surface area (Å²) >= 11 is 0. The van der Waals surface area contributed by atoms with Gasteiger partial charge in [-0.15, -0.1) is 0 Å². The minimum absolute atomic E-state index is 0.143. The van der Waals surface area contributed by atoms with E-state index < -0.39 is 0 Å². The first-order chi connectivity index (χ1) is 9.76. The maximum atomic E-state index is 14.1. The Labute approximate surface area is 120 Å². The molecule has 0 aromatic heterocycles. The topological polar surface area (TPSA) is 29.3 Å². The van der Waals surface area contributed by atoms with Crippen LogP contribution in [0.5, 0.6) is 0 Å². The summed E-state index contributed by atoms with van der Waals surface area (Å²) < 4.78 is 14.1. The summed E-state index contributed by atoms with van der Waals surface area (Å²) in [7, 11) is 0. The van der Waals surface area contributed by atoms with Crippen LogP contribution in [0.3, 0.4) is 0 Å². The predicted molar refractivity (Wildman–Crippen MR) is 78.5 cm³/mol. The lowest BCUT2D eigenvalue weighted by molar-refractivity contribution is 0.241. The summed E-state index contributed by atoms with van der Waals surface area (Å²) in [6.45, 7) is 2.18. The molecule has 2 nitrogen and oxygen atoms in total. The molecule has 1 aromatic rings. The Morgan fingerprint density at radius 2 is 2.05 bits per heavy atom.